The van der Waals surface area contributed by atoms with Crippen LogP contribution in [0.5, 0.6) is 0 Å². The van der Waals surface area contributed by atoms with E-state index in [1.54, 1.807) is 0 Å². The maximum atomic E-state index is 13.5. The molecule has 0 aliphatic rings. The molecule has 106 valence electrons. The topological polar surface area (TPSA) is 59.1 Å². The van der Waals surface area contributed by atoms with Gasteiger partial charge < -0.3 is 0 Å². The molecule has 0 atom stereocenters. The van der Waals surface area contributed by atoms with Crippen molar-refractivity contribution < 1.29 is 21.6 Å². The third-order valence-corrected chi connectivity index (χ3v) is 4.07. The van der Waals surface area contributed by atoms with E-state index in [1.807, 2.05) is 4.72 Å². The number of halogens is 4. The van der Waals surface area contributed by atoms with Gasteiger partial charge in [-0.05, 0) is 34.1 Å². The smallest absolute Gasteiger partial charge is 0.264 e. The van der Waals surface area contributed by atoms with Gasteiger partial charge in [-0.1, -0.05) is 0 Å². The molecule has 1 aromatic heterocycles. The van der Waals surface area contributed by atoms with E-state index in [0.29, 0.717) is 10.5 Å². The van der Waals surface area contributed by atoms with Crippen LogP contribution in [-0.2, 0) is 10.0 Å². The summed E-state index contributed by atoms with van der Waals surface area (Å²) < 4.78 is 65.6. The summed E-state index contributed by atoms with van der Waals surface area (Å²) in [6.45, 7) is 0. The van der Waals surface area contributed by atoms with Crippen LogP contribution in [0.2, 0.25) is 0 Å². The van der Waals surface area contributed by atoms with Gasteiger partial charge in [0.1, 0.15) is 22.2 Å². The Morgan fingerprint density at radius 3 is 2.50 bits per heavy atom. The average molecular weight is 367 g/mol. The fourth-order valence-electron chi connectivity index (χ4n) is 1.39. The van der Waals surface area contributed by atoms with Gasteiger partial charge in [-0.2, -0.15) is 4.39 Å². The van der Waals surface area contributed by atoms with E-state index in [9.17, 15) is 21.6 Å². The molecule has 2 aromatic rings. The summed E-state index contributed by atoms with van der Waals surface area (Å²) in [4.78, 5) is 2.51. The highest BCUT2D eigenvalue weighted by Crippen LogP contribution is 2.23. The number of nitrogens with one attached hydrogen (secondary N) is 1. The number of hydrogen-bond acceptors (Lipinski definition) is 3. The molecule has 0 aliphatic heterocycles. The first kappa shape index (κ1) is 14.8. The largest absolute Gasteiger partial charge is 0.275 e. The predicted molar refractivity (Wildman–Crippen MR) is 69.1 cm³/mol. The maximum Gasteiger partial charge on any atom is 0.264 e. The Hall–Kier alpha value is -1.61. The summed E-state index contributed by atoms with van der Waals surface area (Å²) in [5, 5.41) is 0. The third kappa shape index (κ3) is 3.10. The lowest BCUT2D eigenvalue weighted by molar-refractivity contribution is 0.550. The van der Waals surface area contributed by atoms with E-state index >= 15 is 0 Å². The minimum absolute atomic E-state index is 0.330. The first-order valence-corrected chi connectivity index (χ1v) is 7.36. The van der Waals surface area contributed by atoms with Gasteiger partial charge in [0, 0.05) is 16.7 Å². The summed E-state index contributed by atoms with van der Waals surface area (Å²) in [7, 11) is -4.39. The molecule has 9 heteroatoms. The van der Waals surface area contributed by atoms with Crippen LogP contribution in [0.4, 0.5) is 18.9 Å². The van der Waals surface area contributed by atoms with E-state index in [-0.39, 0.29) is 0 Å². The molecule has 1 aromatic carbocycles. The van der Waals surface area contributed by atoms with Crippen molar-refractivity contribution >= 4 is 31.6 Å². The number of hydrogen-bond donors (Lipinski definition) is 1. The molecule has 2 rings (SSSR count). The summed E-state index contributed by atoms with van der Waals surface area (Å²) in [5.41, 5.74) is -0.455. The quantitative estimate of drug-likeness (QED) is 0.849. The van der Waals surface area contributed by atoms with Gasteiger partial charge in [0.05, 0.1) is 0 Å². The zero-order valence-corrected chi connectivity index (χ0v) is 12.0. The van der Waals surface area contributed by atoms with E-state index in [1.165, 1.54) is 0 Å². The van der Waals surface area contributed by atoms with E-state index < -0.39 is 38.2 Å². The van der Waals surface area contributed by atoms with Crippen LogP contribution in [0.3, 0.4) is 0 Å². The highest BCUT2D eigenvalue weighted by Gasteiger charge is 2.21. The number of anilines is 1. The van der Waals surface area contributed by atoms with Crippen LogP contribution in [0, 0.1) is 17.6 Å². The van der Waals surface area contributed by atoms with Crippen molar-refractivity contribution in [3.05, 3.63) is 52.5 Å². The summed E-state index contributed by atoms with van der Waals surface area (Å²) in [6.07, 6.45) is 1.13. The van der Waals surface area contributed by atoms with Crippen molar-refractivity contribution in [2.75, 3.05) is 4.72 Å². The van der Waals surface area contributed by atoms with Crippen molar-refractivity contribution in [1.29, 1.82) is 0 Å². The third-order valence-electron chi connectivity index (χ3n) is 2.23. The van der Waals surface area contributed by atoms with Crippen molar-refractivity contribution in [3.63, 3.8) is 0 Å². The molecule has 20 heavy (non-hydrogen) atoms. The zero-order valence-electron chi connectivity index (χ0n) is 9.57. The number of pyridine rings is 1. The summed E-state index contributed by atoms with van der Waals surface area (Å²) >= 11 is 3.00. The van der Waals surface area contributed by atoms with Gasteiger partial charge in [-0.15, -0.1) is 0 Å². The van der Waals surface area contributed by atoms with Gasteiger partial charge >= 0.3 is 0 Å². The molecule has 1 N–H and O–H groups in total. The molecule has 0 fully saturated rings. The van der Waals surface area contributed by atoms with E-state index in [4.69, 9.17) is 0 Å². The van der Waals surface area contributed by atoms with Crippen LogP contribution in [-0.4, -0.2) is 13.4 Å². The Morgan fingerprint density at radius 1 is 1.15 bits per heavy atom. The standard InChI is InChI=1S/C11H6BrF3N2O2S/c12-6-3-9(11(15)16-5-6)17-20(18,19)10-2-1-7(13)4-8(10)14/h1-5,17H. The summed E-state index contributed by atoms with van der Waals surface area (Å²) in [5.74, 6) is -3.27. The fraction of sp³-hybridized carbons (Fsp3) is 0. The zero-order chi connectivity index (χ0) is 14.9. The highest BCUT2D eigenvalue weighted by molar-refractivity contribution is 9.10. The van der Waals surface area contributed by atoms with E-state index in [2.05, 4.69) is 20.9 Å². The molecule has 0 radical (unpaired) electrons. The monoisotopic (exact) mass is 366 g/mol. The number of aromatic nitrogens is 1. The lowest BCUT2D eigenvalue weighted by atomic mass is 10.3. The molecule has 0 saturated heterocycles. The SMILES string of the molecule is O=S(=O)(Nc1cc(Br)cnc1F)c1ccc(F)cc1F. The molecule has 4 nitrogen and oxygen atoms in total. The van der Waals surface area contributed by atoms with Crippen LogP contribution < -0.4 is 4.72 Å². The molecule has 0 aliphatic carbocycles. The van der Waals surface area contributed by atoms with Crippen LogP contribution in [0.25, 0.3) is 0 Å². The Balaban J connectivity index is 2.43. The molecular weight excluding hydrogens is 361 g/mol. The van der Waals surface area contributed by atoms with Gasteiger partial charge in [0.15, 0.2) is 0 Å². The first-order chi connectivity index (χ1) is 9.29. The van der Waals surface area contributed by atoms with Crippen molar-refractivity contribution in [3.8, 4) is 0 Å². The van der Waals surface area contributed by atoms with Crippen LogP contribution in [0.15, 0.2) is 39.8 Å². The van der Waals surface area contributed by atoms with Gasteiger partial charge in [0.2, 0.25) is 5.95 Å². The minimum atomic E-state index is -4.39. The Kier molecular flexibility index (Phi) is 4.00. The van der Waals surface area contributed by atoms with Crippen molar-refractivity contribution in [1.82, 2.24) is 4.98 Å². The molecule has 0 amide bonds. The molecular formula is C11H6BrF3N2O2S. The summed E-state index contributed by atoms with van der Waals surface area (Å²) in [6, 6.07) is 3.08. The van der Waals surface area contributed by atoms with Crippen molar-refractivity contribution in [2.45, 2.75) is 4.90 Å². The lowest BCUT2D eigenvalue weighted by Crippen LogP contribution is -2.16. The van der Waals surface area contributed by atoms with Gasteiger partial charge in [0.25, 0.3) is 10.0 Å². The molecule has 0 saturated carbocycles. The molecule has 0 bridgehead atoms. The molecule has 0 spiro atoms. The number of nitrogens with zero attached hydrogens (tertiary/aromatic N) is 1. The second-order valence-corrected chi connectivity index (χ2v) is 6.24. The number of rotatable bonds is 3. The van der Waals surface area contributed by atoms with Crippen molar-refractivity contribution in [2.24, 2.45) is 0 Å². The second kappa shape index (κ2) is 5.41. The lowest BCUT2D eigenvalue weighted by Gasteiger charge is -2.09. The first-order valence-electron chi connectivity index (χ1n) is 5.08. The van der Waals surface area contributed by atoms with Gasteiger partial charge in [-0.25, -0.2) is 22.2 Å². The van der Waals surface area contributed by atoms with E-state index in [0.717, 1.165) is 24.4 Å². The Labute approximate surface area is 120 Å². The predicted octanol–water partition coefficient (Wildman–Crippen LogP) is 3.06. The minimum Gasteiger partial charge on any atom is -0.275 e. The molecule has 1 heterocycles. The highest BCUT2D eigenvalue weighted by atomic mass is 79.9. The second-order valence-electron chi connectivity index (χ2n) is 3.67. The fourth-order valence-corrected chi connectivity index (χ4v) is 2.82. The Bertz CT molecular complexity index is 768. The number of sulfonamides is 1. The van der Waals surface area contributed by atoms with Gasteiger partial charge in [-0.3, -0.25) is 4.72 Å². The van der Waals surface area contributed by atoms with Crippen LogP contribution in [0.1, 0.15) is 0 Å². The average Bonchev–Trinajstić information content (AvgIpc) is 2.33. The molecule has 0 unspecified atom stereocenters. The maximum absolute atomic E-state index is 13.5. The van der Waals surface area contributed by atoms with Crippen LogP contribution >= 0.6 is 15.9 Å². The normalized spacial score (nSPS) is 11.4. The Morgan fingerprint density at radius 2 is 1.85 bits per heavy atom. The number of benzene rings is 1.